The van der Waals surface area contributed by atoms with E-state index in [-0.39, 0.29) is 12.6 Å². The summed E-state index contributed by atoms with van der Waals surface area (Å²) in [5.74, 6) is 1.02. The average Bonchev–Trinajstić information content (AvgIpc) is 2.58. The van der Waals surface area contributed by atoms with Crippen molar-refractivity contribution in [3.05, 3.63) is 29.8 Å². The van der Waals surface area contributed by atoms with Crippen LogP contribution in [0.1, 0.15) is 57.3 Å². The first-order valence-electron chi connectivity index (χ1n) is 9.23. The van der Waals surface area contributed by atoms with Gasteiger partial charge >= 0.3 is 5.97 Å². The maximum Gasteiger partial charge on any atom is 0.338 e. The molecule has 0 radical (unpaired) electrons. The van der Waals surface area contributed by atoms with Crippen molar-refractivity contribution in [3.63, 3.8) is 0 Å². The van der Waals surface area contributed by atoms with Gasteiger partial charge < -0.3 is 19.9 Å². The van der Waals surface area contributed by atoms with E-state index in [0.717, 1.165) is 12.3 Å². The summed E-state index contributed by atoms with van der Waals surface area (Å²) >= 11 is 0. The van der Waals surface area contributed by atoms with E-state index < -0.39 is 6.10 Å². The van der Waals surface area contributed by atoms with Crippen molar-refractivity contribution in [2.24, 2.45) is 5.92 Å². The van der Waals surface area contributed by atoms with Gasteiger partial charge in [-0.2, -0.15) is 0 Å². The molecule has 142 valence electrons. The van der Waals surface area contributed by atoms with Gasteiger partial charge in [0.2, 0.25) is 0 Å². The molecule has 0 saturated heterocycles. The van der Waals surface area contributed by atoms with Crippen LogP contribution in [0.2, 0.25) is 0 Å². The number of benzene rings is 1. The summed E-state index contributed by atoms with van der Waals surface area (Å²) in [6.07, 6.45) is 2.98. The van der Waals surface area contributed by atoms with Gasteiger partial charge in [0.15, 0.2) is 0 Å². The first-order valence-corrected chi connectivity index (χ1v) is 9.23. The monoisotopic (exact) mass is 351 g/mol. The quantitative estimate of drug-likeness (QED) is 0.565. The third kappa shape index (κ3) is 9.46. The molecule has 0 fully saturated rings. The molecule has 0 unspecified atom stereocenters. The van der Waals surface area contributed by atoms with Crippen LogP contribution in [0, 0.1) is 5.92 Å². The predicted octanol–water partition coefficient (Wildman–Crippen LogP) is 3.41. The highest BCUT2D eigenvalue weighted by atomic mass is 16.5. The van der Waals surface area contributed by atoms with Crippen molar-refractivity contribution in [2.75, 3.05) is 19.8 Å². The highest BCUT2D eigenvalue weighted by Gasteiger charge is 2.10. The Balaban J connectivity index is 2.25. The second kappa shape index (κ2) is 11.9. The van der Waals surface area contributed by atoms with Gasteiger partial charge in [-0.15, -0.1) is 0 Å². The van der Waals surface area contributed by atoms with E-state index in [9.17, 15) is 9.90 Å². The van der Waals surface area contributed by atoms with E-state index in [4.69, 9.17) is 9.47 Å². The maximum atomic E-state index is 11.6. The SMILES string of the molecule is CCOC(=O)c1ccc(OC[C@H](O)CN[C@@H](C)CCCC(C)C)cc1. The Hall–Kier alpha value is -1.59. The first-order chi connectivity index (χ1) is 11.9. The molecule has 0 spiro atoms. The zero-order valence-corrected chi connectivity index (χ0v) is 16.0. The highest BCUT2D eigenvalue weighted by molar-refractivity contribution is 5.89. The predicted molar refractivity (Wildman–Crippen MR) is 100 cm³/mol. The molecule has 25 heavy (non-hydrogen) atoms. The summed E-state index contributed by atoms with van der Waals surface area (Å²) in [6, 6.07) is 7.13. The molecule has 0 aliphatic rings. The van der Waals surface area contributed by atoms with Crippen LogP contribution in [0.25, 0.3) is 0 Å². The average molecular weight is 351 g/mol. The van der Waals surface area contributed by atoms with Crippen LogP contribution in [0.5, 0.6) is 5.75 Å². The number of aliphatic hydroxyl groups is 1. The standard InChI is InChI=1S/C20H33NO4/c1-5-24-20(23)17-9-11-19(12-10-17)25-14-18(22)13-21-16(4)8-6-7-15(2)3/h9-12,15-16,18,21-22H,5-8,13-14H2,1-4H3/t16-,18+/m0/s1. The Morgan fingerprint density at radius 3 is 2.44 bits per heavy atom. The summed E-state index contributed by atoms with van der Waals surface area (Å²) in [6.45, 7) is 9.45. The lowest BCUT2D eigenvalue weighted by Gasteiger charge is -2.18. The molecule has 1 rings (SSSR count). The van der Waals surface area contributed by atoms with E-state index in [1.807, 2.05) is 0 Å². The lowest BCUT2D eigenvalue weighted by Crippen LogP contribution is -2.36. The zero-order valence-electron chi connectivity index (χ0n) is 16.0. The molecule has 5 heteroatoms. The fourth-order valence-corrected chi connectivity index (χ4v) is 2.42. The molecule has 5 nitrogen and oxygen atoms in total. The fourth-order valence-electron chi connectivity index (χ4n) is 2.42. The minimum Gasteiger partial charge on any atom is -0.491 e. The Labute approximate surface area is 151 Å². The smallest absolute Gasteiger partial charge is 0.338 e. The van der Waals surface area contributed by atoms with Gasteiger partial charge in [-0.05, 0) is 50.5 Å². The van der Waals surface area contributed by atoms with Crippen LogP contribution in [0.15, 0.2) is 24.3 Å². The number of hydrogen-bond acceptors (Lipinski definition) is 5. The van der Waals surface area contributed by atoms with Gasteiger partial charge in [0.05, 0.1) is 12.2 Å². The molecule has 0 aromatic heterocycles. The molecule has 0 aliphatic heterocycles. The molecule has 0 aliphatic carbocycles. The topological polar surface area (TPSA) is 67.8 Å². The van der Waals surface area contributed by atoms with Crippen molar-refractivity contribution >= 4 is 5.97 Å². The Morgan fingerprint density at radius 1 is 1.16 bits per heavy atom. The van der Waals surface area contributed by atoms with Crippen LogP contribution in [0.4, 0.5) is 0 Å². The van der Waals surface area contributed by atoms with Crippen molar-refractivity contribution in [1.29, 1.82) is 0 Å². The van der Waals surface area contributed by atoms with Crippen molar-refractivity contribution in [3.8, 4) is 5.75 Å². The van der Waals surface area contributed by atoms with E-state index in [2.05, 4.69) is 26.1 Å². The van der Waals surface area contributed by atoms with Crippen LogP contribution in [-0.2, 0) is 4.74 Å². The van der Waals surface area contributed by atoms with Gasteiger partial charge in [0, 0.05) is 12.6 Å². The van der Waals surface area contributed by atoms with Crippen LogP contribution >= 0.6 is 0 Å². The number of rotatable bonds is 12. The van der Waals surface area contributed by atoms with E-state index in [0.29, 0.717) is 30.5 Å². The van der Waals surface area contributed by atoms with Gasteiger partial charge in [0.25, 0.3) is 0 Å². The lowest BCUT2D eigenvalue weighted by atomic mass is 10.0. The van der Waals surface area contributed by atoms with Crippen LogP contribution in [0.3, 0.4) is 0 Å². The van der Waals surface area contributed by atoms with Crippen molar-refractivity contribution in [1.82, 2.24) is 5.32 Å². The summed E-state index contributed by atoms with van der Waals surface area (Å²) in [5, 5.41) is 13.4. The minimum atomic E-state index is -0.572. The molecule has 0 saturated carbocycles. The van der Waals surface area contributed by atoms with E-state index >= 15 is 0 Å². The number of carbonyl (C=O) groups excluding carboxylic acids is 1. The molecular weight excluding hydrogens is 318 g/mol. The molecule has 0 heterocycles. The summed E-state index contributed by atoms with van der Waals surface area (Å²) < 4.78 is 10.5. The van der Waals surface area contributed by atoms with Gasteiger partial charge in [0.1, 0.15) is 18.5 Å². The summed E-state index contributed by atoms with van der Waals surface area (Å²) in [7, 11) is 0. The number of carbonyl (C=O) groups is 1. The molecule has 0 bridgehead atoms. The van der Waals surface area contributed by atoms with Gasteiger partial charge in [-0.25, -0.2) is 4.79 Å². The second-order valence-corrected chi connectivity index (χ2v) is 6.84. The van der Waals surface area contributed by atoms with Crippen molar-refractivity contribution in [2.45, 2.75) is 59.1 Å². The highest BCUT2D eigenvalue weighted by Crippen LogP contribution is 2.13. The molecule has 1 aromatic carbocycles. The number of esters is 1. The molecular formula is C20H33NO4. The van der Waals surface area contributed by atoms with Gasteiger partial charge in [-0.1, -0.05) is 26.7 Å². The van der Waals surface area contributed by atoms with Crippen LogP contribution in [-0.4, -0.2) is 43.0 Å². The molecule has 0 amide bonds. The minimum absolute atomic E-state index is 0.213. The molecule has 2 atom stereocenters. The number of aliphatic hydroxyl groups excluding tert-OH is 1. The molecule has 2 N–H and O–H groups in total. The number of nitrogens with one attached hydrogen (secondary N) is 1. The first kappa shape index (κ1) is 21.5. The lowest BCUT2D eigenvalue weighted by molar-refractivity contribution is 0.0526. The Bertz CT molecular complexity index is 487. The zero-order chi connectivity index (χ0) is 18.7. The Morgan fingerprint density at radius 2 is 1.84 bits per heavy atom. The summed E-state index contributed by atoms with van der Waals surface area (Å²) in [5.41, 5.74) is 0.492. The summed E-state index contributed by atoms with van der Waals surface area (Å²) in [4.78, 5) is 11.6. The normalized spacial score (nSPS) is 13.5. The molecule has 1 aromatic rings. The Kier molecular flexibility index (Phi) is 10.2. The number of ether oxygens (including phenoxy) is 2. The maximum absolute atomic E-state index is 11.6. The second-order valence-electron chi connectivity index (χ2n) is 6.84. The third-order valence-corrected chi connectivity index (χ3v) is 3.93. The van der Waals surface area contributed by atoms with Crippen LogP contribution < -0.4 is 10.1 Å². The van der Waals surface area contributed by atoms with E-state index in [1.165, 1.54) is 12.8 Å². The van der Waals surface area contributed by atoms with Gasteiger partial charge in [-0.3, -0.25) is 0 Å². The number of hydrogen-bond donors (Lipinski definition) is 2. The van der Waals surface area contributed by atoms with E-state index in [1.54, 1.807) is 31.2 Å². The fraction of sp³-hybridized carbons (Fsp3) is 0.650. The third-order valence-electron chi connectivity index (χ3n) is 3.93. The van der Waals surface area contributed by atoms with Crippen molar-refractivity contribution < 1.29 is 19.4 Å². The largest absolute Gasteiger partial charge is 0.491 e.